The zero-order valence-electron chi connectivity index (χ0n) is 17.5. The van der Waals surface area contributed by atoms with Gasteiger partial charge in [0.05, 0.1) is 26.2 Å². The number of rotatable bonds is 9. The van der Waals surface area contributed by atoms with Crippen molar-refractivity contribution in [3.63, 3.8) is 0 Å². The van der Waals surface area contributed by atoms with E-state index >= 15 is 0 Å². The van der Waals surface area contributed by atoms with Gasteiger partial charge in [-0.15, -0.1) is 0 Å². The third-order valence-corrected chi connectivity index (χ3v) is 5.67. The normalized spacial score (nSPS) is 11.1. The molecule has 0 unspecified atom stereocenters. The summed E-state index contributed by atoms with van der Waals surface area (Å²) in [6, 6.07) is 11.1. The summed E-state index contributed by atoms with van der Waals surface area (Å²) in [5.41, 5.74) is 3.12. The van der Waals surface area contributed by atoms with Crippen LogP contribution in [0, 0.1) is 13.8 Å². The number of para-hydroxylation sites is 1. The lowest BCUT2D eigenvalue weighted by Gasteiger charge is -2.25. The number of hydrogen-bond acceptors (Lipinski definition) is 5. The molecule has 1 N–H and O–H groups in total. The average Bonchev–Trinajstić information content (AvgIpc) is 2.66. The van der Waals surface area contributed by atoms with Gasteiger partial charge in [0.25, 0.3) is 0 Å². The van der Waals surface area contributed by atoms with Gasteiger partial charge in [0.2, 0.25) is 15.9 Å². The number of carbonyl (C=O) groups excluding carboxylic acids is 1. The Hall–Kier alpha value is -2.74. The quantitative estimate of drug-likeness (QED) is 0.674. The summed E-state index contributed by atoms with van der Waals surface area (Å²) in [6.07, 6.45) is 1.68. The van der Waals surface area contributed by atoms with Crippen LogP contribution in [0.1, 0.15) is 16.7 Å². The van der Waals surface area contributed by atoms with Crippen LogP contribution in [0.2, 0.25) is 0 Å². The molecule has 0 saturated carbocycles. The number of benzene rings is 2. The van der Waals surface area contributed by atoms with Gasteiger partial charge in [-0.2, -0.15) is 0 Å². The van der Waals surface area contributed by atoms with Gasteiger partial charge in [0.15, 0.2) is 11.5 Å². The molecular formula is C21H28N2O5S. The van der Waals surface area contributed by atoms with E-state index in [1.54, 1.807) is 14.2 Å². The predicted octanol–water partition coefficient (Wildman–Crippen LogP) is 2.45. The van der Waals surface area contributed by atoms with Crippen LogP contribution in [0.25, 0.3) is 0 Å². The van der Waals surface area contributed by atoms with E-state index in [1.165, 1.54) is 0 Å². The monoisotopic (exact) mass is 420 g/mol. The van der Waals surface area contributed by atoms with Gasteiger partial charge in [-0.1, -0.05) is 24.3 Å². The Labute approximate surface area is 172 Å². The summed E-state index contributed by atoms with van der Waals surface area (Å²) < 4.78 is 36.3. The highest BCUT2D eigenvalue weighted by atomic mass is 32.2. The second-order valence-electron chi connectivity index (χ2n) is 6.80. The van der Waals surface area contributed by atoms with Crippen molar-refractivity contribution < 1.29 is 22.7 Å². The average molecular weight is 421 g/mol. The van der Waals surface area contributed by atoms with Crippen LogP contribution >= 0.6 is 0 Å². The largest absolute Gasteiger partial charge is 0.493 e. The Morgan fingerprint density at radius 1 is 1.03 bits per heavy atom. The zero-order valence-corrected chi connectivity index (χ0v) is 18.3. The van der Waals surface area contributed by atoms with Crippen LogP contribution in [0.5, 0.6) is 11.5 Å². The fourth-order valence-electron chi connectivity index (χ4n) is 3.13. The van der Waals surface area contributed by atoms with Gasteiger partial charge in [-0.3, -0.25) is 9.10 Å². The number of anilines is 1. The number of carbonyl (C=O) groups is 1. The summed E-state index contributed by atoms with van der Waals surface area (Å²) >= 11 is 0. The number of amides is 1. The molecule has 0 atom stereocenters. The lowest BCUT2D eigenvalue weighted by molar-refractivity contribution is -0.119. The first-order valence-electron chi connectivity index (χ1n) is 9.19. The Morgan fingerprint density at radius 2 is 1.66 bits per heavy atom. The Morgan fingerprint density at radius 3 is 2.21 bits per heavy atom. The molecule has 2 aromatic carbocycles. The number of aryl methyl sites for hydroxylation is 2. The van der Waals surface area contributed by atoms with Crippen molar-refractivity contribution in [1.29, 1.82) is 0 Å². The summed E-state index contributed by atoms with van der Waals surface area (Å²) in [7, 11) is -0.473. The fourth-order valence-corrected chi connectivity index (χ4v) is 4.10. The fraction of sp³-hybridized carbons (Fsp3) is 0.381. The van der Waals surface area contributed by atoms with Crippen LogP contribution in [0.4, 0.5) is 5.69 Å². The number of nitrogens with zero attached hydrogens (tertiary/aromatic N) is 1. The smallest absolute Gasteiger partial charge is 0.240 e. The molecule has 0 bridgehead atoms. The van der Waals surface area contributed by atoms with E-state index in [-0.39, 0.29) is 12.5 Å². The molecule has 8 heteroatoms. The summed E-state index contributed by atoms with van der Waals surface area (Å²) in [5, 5.41) is 2.79. The first kappa shape index (κ1) is 22.5. The minimum Gasteiger partial charge on any atom is -0.493 e. The van der Waals surface area contributed by atoms with Gasteiger partial charge < -0.3 is 14.8 Å². The van der Waals surface area contributed by atoms with E-state index in [0.29, 0.717) is 30.2 Å². The number of methoxy groups -OCH3 is 2. The first-order valence-corrected chi connectivity index (χ1v) is 11.0. The van der Waals surface area contributed by atoms with Gasteiger partial charge in [-0.25, -0.2) is 8.42 Å². The van der Waals surface area contributed by atoms with Crippen LogP contribution < -0.4 is 19.1 Å². The maximum absolute atomic E-state index is 12.4. The van der Waals surface area contributed by atoms with E-state index in [4.69, 9.17) is 9.47 Å². The van der Waals surface area contributed by atoms with Gasteiger partial charge in [0.1, 0.15) is 6.54 Å². The summed E-state index contributed by atoms with van der Waals surface area (Å²) in [4.78, 5) is 12.4. The maximum atomic E-state index is 12.4. The topological polar surface area (TPSA) is 84.9 Å². The van der Waals surface area contributed by atoms with Crippen LogP contribution in [0.15, 0.2) is 36.4 Å². The number of sulfonamides is 1. The number of nitrogens with one attached hydrogen (secondary N) is 1. The van der Waals surface area contributed by atoms with Crippen molar-refractivity contribution in [2.45, 2.75) is 20.3 Å². The van der Waals surface area contributed by atoms with Gasteiger partial charge >= 0.3 is 0 Å². The summed E-state index contributed by atoms with van der Waals surface area (Å²) in [6.45, 7) is 3.76. The molecule has 0 heterocycles. The number of hydrogen-bond donors (Lipinski definition) is 1. The molecule has 158 valence electrons. The van der Waals surface area contributed by atoms with E-state index < -0.39 is 10.0 Å². The minimum atomic E-state index is -3.61. The summed E-state index contributed by atoms with van der Waals surface area (Å²) in [5.74, 6) is 0.894. The third kappa shape index (κ3) is 5.87. The van der Waals surface area contributed by atoms with Gasteiger partial charge in [-0.05, 0) is 49.1 Å². The molecule has 2 aromatic rings. The van der Waals surface area contributed by atoms with Crippen molar-refractivity contribution in [1.82, 2.24) is 5.32 Å². The van der Waals surface area contributed by atoms with Crippen molar-refractivity contribution in [2.24, 2.45) is 0 Å². The Kier molecular flexibility index (Phi) is 7.50. The first-order chi connectivity index (χ1) is 13.7. The Balaban J connectivity index is 2.05. The van der Waals surface area contributed by atoms with Crippen LogP contribution in [0.3, 0.4) is 0 Å². The molecule has 0 fully saturated rings. The molecule has 0 saturated heterocycles. The SMILES string of the molecule is COc1ccc(CCNC(=O)CN(c2c(C)cccc2C)S(C)(=O)=O)cc1OC. The lowest BCUT2D eigenvalue weighted by Crippen LogP contribution is -2.41. The second-order valence-corrected chi connectivity index (χ2v) is 8.71. The van der Waals surface area contributed by atoms with E-state index in [9.17, 15) is 13.2 Å². The zero-order chi connectivity index (χ0) is 21.6. The highest BCUT2D eigenvalue weighted by molar-refractivity contribution is 7.92. The minimum absolute atomic E-state index is 0.267. The third-order valence-electron chi connectivity index (χ3n) is 4.56. The maximum Gasteiger partial charge on any atom is 0.240 e. The molecule has 2 rings (SSSR count). The molecule has 0 aliphatic rings. The molecule has 0 aliphatic carbocycles. The molecule has 29 heavy (non-hydrogen) atoms. The molecular weight excluding hydrogens is 392 g/mol. The molecule has 0 radical (unpaired) electrons. The van der Waals surface area contributed by atoms with Crippen molar-refractivity contribution in [3.05, 3.63) is 53.1 Å². The second kappa shape index (κ2) is 9.65. The predicted molar refractivity (Wildman–Crippen MR) is 114 cm³/mol. The lowest BCUT2D eigenvalue weighted by atomic mass is 10.1. The van der Waals surface area contributed by atoms with Crippen LogP contribution in [-0.4, -0.2) is 47.9 Å². The molecule has 0 aromatic heterocycles. The van der Waals surface area contributed by atoms with Crippen LogP contribution in [-0.2, 0) is 21.2 Å². The molecule has 1 amide bonds. The standard InChI is InChI=1S/C21H28N2O5S/c1-15-7-6-8-16(2)21(15)23(29(5,25)26)14-20(24)22-12-11-17-9-10-18(27-3)19(13-17)28-4/h6-10,13H,11-12,14H2,1-5H3,(H,22,24). The van der Waals surface area contributed by atoms with E-state index in [0.717, 1.165) is 27.3 Å². The molecule has 0 spiro atoms. The molecule has 7 nitrogen and oxygen atoms in total. The number of ether oxygens (including phenoxy) is 2. The van der Waals surface area contributed by atoms with Gasteiger partial charge in [0, 0.05) is 6.54 Å². The van der Waals surface area contributed by atoms with Crippen molar-refractivity contribution >= 4 is 21.6 Å². The highest BCUT2D eigenvalue weighted by Crippen LogP contribution is 2.28. The molecule has 0 aliphatic heterocycles. The van der Waals surface area contributed by atoms with Crippen molar-refractivity contribution in [2.75, 3.05) is 37.9 Å². The van der Waals surface area contributed by atoms with E-state index in [2.05, 4.69) is 5.32 Å². The van der Waals surface area contributed by atoms with Crippen molar-refractivity contribution in [3.8, 4) is 11.5 Å². The highest BCUT2D eigenvalue weighted by Gasteiger charge is 2.23. The van der Waals surface area contributed by atoms with E-state index in [1.807, 2.05) is 50.2 Å². The Bertz CT molecular complexity index is 953.